The van der Waals surface area contributed by atoms with Gasteiger partial charge in [-0.2, -0.15) is 0 Å². The first-order valence-corrected chi connectivity index (χ1v) is 10.6. The highest BCUT2D eigenvalue weighted by Gasteiger charge is 2.21. The summed E-state index contributed by atoms with van der Waals surface area (Å²) < 4.78 is 14.0. The van der Waals surface area contributed by atoms with Crippen LogP contribution in [0.4, 0.5) is 0 Å². The Morgan fingerprint density at radius 3 is 1.58 bits per heavy atom. The molecular weight excluding hydrogens is 430 g/mol. The Labute approximate surface area is 193 Å². The van der Waals surface area contributed by atoms with E-state index in [9.17, 15) is 19.5 Å². The zero-order chi connectivity index (χ0) is 24.8. The maximum Gasteiger partial charge on any atom is 0.326 e. The van der Waals surface area contributed by atoms with E-state index in [-0.39, 0.29) is 32.7 Å². The van der Waals surface area contributed by atoms with Crippen LogP contribution in [-0.2, 0) is 50.0 Å². The van der Waals surface area contributed by atoms with Gasteiger partial charge >= 0.3 is 17.9 Å². The van der Waals surface area contributed by atoms with Gasteiger partial charge in [0, 0.05) is 24.8 Å². The summed E-state index contributed by atoms with van der Waals surface area (Å²) in [6.07, 6.45) is 6.37. The summed E-state index contributed by atoms with van der Waals surface area (Å²) in [6, 6.07) is 0. The van der Waals surface area contributed by atoms with E-state index in [2.05, 4.69) is 9.97 Å². The lowest BCUT2D eigenvalue weighted by Gasteiger charge is -2.23. The highest BCUT2D eigenvalue weighted by molar-refractivity contribution is 5.70. The van der Waals surface area contributed by atoms with Crippen molar-refractivity contribution in [2.75, 3.05) is 6.54 Å². The number of carboxylic acids is 1. The van der Waals surface area contributed by atoms with Gasteiger partial charge in [-0.25, -0.2) is 9.97 Å². The van der Waals surface area contributed by atoms with Crippen LogP contribution in [0.15, 0.2) is 24.8 Å². The Morgan fingerprint density at radius 2 is 1.24 bits per heavy atom. The number of rotatable bonds is 10. The number of ether oxygens (including phenoxy) is 2. The van der Waals surface area contributed by atoms with E-state index in [1.165, 1.54) is 0 Å². The lowest BCUT2D eigenvalue weighted by molar-refractivity contribution is -0.156. The van der Waals surface area contributed by atoms with Crippen LogP contribution in [0.1, 0.15) is 53.2 Å². The molecule has 0 saturated heterocycles. The van der Waals surface area contributed by atoms with Crippen molar-refractivity contribution in [1.29, 1.82) is 0 Å². The molecule has 33 heavy (non-hydrogen) atoms. The van der Waals surface area contributed by atoms with E-state index in [1.807, 2.05) is 0 Å². The average molecular weight is 464 g/mol. The highest BCUT2D eigenvalue weighted by atomic mass is 16.6. The second-order valence-corrected chi connectivity index (χ2v) is 9.65. The molecule has 1 N–H and O–H groups in total. The minimum atomic E-state index is -1.02. The maximum absolute atomic E-state index is 12.2. The standard InChI is InChI=1S/C22H33N5O6/c1-21(2,3)32-19(30)14-26-9-7-23-16(26)11-25(13-18(28)29)12-17-24-8-10-27(17)15-20(31)33-22(4,5)6/h7-10H,11-15H2,1-6H3,(H,28,29). The Balaban J connectivity index is 2.12. The molecule has 0 aromatic carbocycles. The summed E-state index contributed by atoms with van der Waals surface area (Å²) in [6.45, 7) is 10.7. The fourth-order valence-corrected chi connectivity index (χ4v) is 3.06. The van der Waals surface area contributed by atoms with Gasteiger partial charge in [-0.05, 0) is 41.5 Å². The zero-order valence-corrected chi connectivity index (χ0v) is 20.1. The van der Waals surface area contributed by atoms with Gasteiger partial charge in [0.1, 0.15) is 35.9 Å². The summed E-state index contributed by atoms with van der Waals surface area (Å²) in [5.41, 5.74) is -1.23. The zero-order valence-electron chi connectivity index (χ0n) is 20.1. The number of carboxylic acid groups (broad SMARTS) is 1. The van der Waals surface area contributed by atoms with Crippen molar-refractivity contribution in [2.24, 2.45) is 0 Å². The second-order valence-electron chi connectivity index (χ2n) is 9.65. The van der Waals surface area contributed by atoms with Gasteiger partial charge in [0.15, 0.2) is 0 Å². The molecule has 182 valence electrons. The van der Waals surface area contributed by atoms with Crippen molar-refractivity contribution < 1.29 is 29.0 Å². The fraction of sp³-hybridized carbons (Fsp3) is 0.591. The summed E-state index contributed by atoms with van der Waals surface area (Å²) in [5, 5.41) is 9.38. The maximum atomic E-state index is 12.2. The van der Waals surface area contributed by atoms with Gasteiger partial charge in [-0.15, -0.1) is 0 Å². The summed E-state index contributed by atoms with van der Waals surface area (Å²) in [5.74, 6) is -0.843. The average Bonchev–Trinajstić information content (AvgIpc) is 3.21. The van der Waals surface area contributed by atoms with Crippen LogP contribution in [0, 0.1) is 0 Å². The minimum absolute atomic E-state index is 0.0409. The summed E-state index contributed by atoms with van der Waals surface area (Å²) in [4.78, 5) is 46.0. The molecule has 11 nitrogen and oxygen atoms in total. The first-order chi connectivity index (χ1) is 15.2. The number of hydrogen-bond acceptors (Lipinski definition) is 8. The first kappa shape index (κ1) is 26.0. The van der Waals surface area contributed by atoms with Gasteiger partial charge in [0.2, 0.25) is 0 Å². The SMILES string of the molecule is CC(C)(C)OC(=O)Cn1ccnc1CN(CC(=O)O)Cc1nccn1CC(=O)OC(C)(C)C. The summed E-state index contributed by atoms with van der Waals surface area (Å²) >= 11 is 0. The number of carbonyl (C=O) groups is 3. The second kappa shape index (κ2) is 10.6. The normalized spacial score (nSPS) is 12.1. The van der Waals surface area contributed by atoms with Crippen LogP contribution >= 0.6 is 0 Å². The minimum Gasteiger partial charge on any atom is -0.480 e. The van der Waals surface area contributed by atoms with Crippen LogP contribution in [0.5, 0.6) is 0 Å². The van der Waals surface area contributed by atoms with Crippen LogP contribution in [-0.4, -0.2) is 64.8 Å². The molecule has 2 aromatic heterocycles. The van der Waals surface area contributed by atoms with Crippen molar-refractivity contribution in [3.05, 3.63) is 36.4 Å². The van der Waals surface area contributed by atoms with E-state index in [4.69, 9.17) is 9.47 Å². The first-order valence-electron chi connectivity index (χ1n) is 10.6. The number of carbonyl (C=O) groups excluding carboxylic acids is 2. The number of imidazole rings is 2. The molecule has 0 radical (unpaired) electrons. The van der Waals surface area contributed by atoms with E-state index < -0.39 is 29.1 Å². The Morgan fingerprint density at radius 1 is 0.848 bits per heavy atom. The molecule has 0 unspecified atom stereocenters. The Bertz CT molecular complexity index is 896. The van der Waals surface area contributed by atoms with Gasteiger partial charge < -0.3 is 23.7 Å². The largest absolute Gasteiger partial charge is 0.480 e. The third-order valence-corrected chi connectivity index (χ3v) is 4.13. The molecule has 0 spiro atoms. The molecule has 11 heteroatoms. The third-order valence-electron chi connectivity index (χ3n) is 4.13. The lowest BCUT2D eigenvalue weighted by Crippen LogP contribution is -2.33. The number of hydrogen-bond donors (Lipinski definition) is 1. The molecule has 0 bridgehead atoms. The molecule has 0 fully saturated rings. The Kier molecular flexibility index (Phi) is 8.37. The van der Waals surface area contributed by atoms with E-state index in [0.29, 0.717) is 11.6 Å². The predicted octanol–water partition coefficient (Wildman–Crippen LogP) is 1.85. The number of esters is 2. The number of aromatic nitrogens is 4. The molecule has 2 rings (SSSR count). The van der Waals surface area contributed by atoms with Gasteiger partial charge in [0.05, 0.1) is 19.6 Å². The molecule has 0 saturated carbocycles. The monoisotopic (exact) mass is 463 g/mol. The fourth-order valence-electron chi connectivity index (χ4n) is 3.06. The van der Waals surface area contributed by atoms with Crippen molar-refractivity contribution in [2.45, 2.75) is 78.9 Å². The van der Waals surface area contributed by atoms with E-state index in [0.717, 1.165) is 0 Å². The molecular formula is C22H33N5O6. The van der Waals surface area contributed by atoms with E-state index >= 15 is 0 Å². The molecule has 0 aliphatic rings. The van der Waals surface area contributed by atoms with Crippen LogP contribution in [0.2, 0.25) is 0 Å². The van der Waals surface area contributed by atoms with Crippen LogP contribution in [0.3, 0.4) is 0 Å². The van der Waals surface area contributed by atoms with Crippen LogP contribution in [0.25, 0.3) is 0 Å². The van der Waals surface area contributed by atoms with Crippen molar-refractivity contribution >= 4 is 17.9 Å². The van der Waals surface area contributed by atoms with Crippen LogP contribution < -0.4 is 0 Å². The molecule has 2 aromatic rings. The predicted molar refractivity (Wildman–Crippen MR) is 118 cm³/mol. The highest BCUT2D eigenvalue weighted by Crippen LogP contribution is 2.13. The van der Waals surface area contributed by atoms with Gasteiger partial charge in [-0.3, -0.25) is 19.3 Å². The molecule has 0 aliphatic carbocycles. The van der Waals surface area contributed by atoms with Crippen molar-refractivity contribution in [3.63, 3.8) is 0 Å². The number of aliphatic carboxylic acids is 1. The molecule has 0 amide bonds. The van der Waals surface area contributed by atoms with Crippen molar-refractivity contribution in [3.8, 4) is 0 Å². The Hall–Kier alpha value is -3.21. The molecule has 0 aliphatic heterocycles. The third kappa shape index (κ3) is 9.44. The van der Waals surface area contributed by atoms with Gasteiger partial charge in [-0.1, -0.05) is 0 Å². The topological polar surface area (TPSA) is 129 Å². The molecule has 0 atom stereocenters. The lowest BCUT2D eigenvalue weighted by atomic mass is 10.2. The van der Waals surface area contributed by atoms with E-state index in [1.54, 1.807) is 80.4 Å². The quantitative estimate of drug-likeness (QED) is 0.525. The van der Waals surface area contributed by atoms with Gasteiger partial charge in [0.25, 0.3) is 0 Å². The summed E-state index contributed by atoms with van der Waals surface area (Å²) in [7, 11) is 0. The van der Waals surface area contributed by atoms with Crippen molar-refractivity contribution in [1.82, 2.24) is 24.0 Å². The molecule has 2 heterocycles. The smallest absolute Gasteiger partial charge is 0.326 e. The number of nitrogens with zero attached hydrogens (tertiary/aromatic N) is 5.